The van der Waals surface area contributed by atoms with E-state index in [9.17, 15) is 9.59 Å². The quantitative estimate of drug-likeness (QED) is 0.542. The molecule has 1 aromatic carbocycles. The number of ether oxygens (including phenoxy) is 1. The normalized spacial score (nSPS) is 11.1. The highest BCUT2D eigenvalue weighted by molar-refractivity contribution is 5.96. The molecular weight excluding hydrogens is 282 g/mol. The molecule has 5 heteroatoms. The first kappa shape index (κ1) is 17.8. The summed E-state index contributed by atoms with van der Waals surface area (Å²) >= 11 is 0. The van der Waals surface area contributed by atoms with Crippen LogP contribution in [0.4, 0.5) is 0 Å². The van der Waals surface area contributed by atoms with E-state index in [-0.39, 0.29) is 5.70 Å². The molecule has 120 valence electrons. The number of amides is 1. The van der Waals surface area contributed by atoms with Crippen molar-refractivity contribution in [2.24, 2.45) is 0 Å². The molecule has 22 heavy (non-hydrogen) atoms. The first-order valence-corrected chi connectivity index (χ1v) is 7.48. The lowest BCUT2D eigenvalue weighted by Gasteiger charge is -2.07. The molecule has 0 bridgehead atoms. The first-order valence-electron chi connectivity index (χ1n) is 7.48. The van der Waals surface area contributed by atoms with Crippen molar-refractivity contribution in [2.45, 2.75) is 39.5 Å². The summed E-state index contributed by atoms with van der Waals surface area (Å²) in [4.78, 5) is 22.1. The topological polar surface area (TPSA) is 75.6 Å². The highest BCUT2D eigenvalue weighted by Crippen LogP contribution is 2.16. The van der Waals surface area contributed by atoms with Crippen molar-refractivity contribution in [1.29, 1.82) is 0 Å². The second kappa shape index (κ2) is 9.60. The van der Waals surface area contributed by atoms with Gasteiger partial charge in [0.25, 0.3) is 0 Å². The van der Waals surface area contributed by atoms with Gasteiger partial charge in [-0.1, -0.05) is 38.3 Å². The Balaban J connectivity index is 2.69. The highest BCUT2D eigenvalue weighted by Gasteiger charge is 2.09. The number of unbranched alkanes of at least 4 members (excludes halogenated alkanes) is 3. The van der Waals surface area contributed by atoms with E-state index in [1.165, 1.54) is 25.8 Å². The van der Waals surface area contributed by atoms with Gasteiger partial charge in [0.05, 0.1) is 6.61 Å². The fourth-order valence-corrected chi connectivity index (χ4v) is 1.92. The number of aliphatic carboxylic acids is 1. The van der Waals surface area contributed by atoms with Crippen molar-refractivity contribution >= 4 is 18.0 Å². The van der Waals surface area contributed by atoms with Crippen molar-refractivity contribution in [2.75, 3.05) is 6.61 Å². The Morgan fingerprint density at radius 3 is 2.68 bits per heavy atom. The summed E-state index contributed by atoms with van der Waals surface area (Å²) < 4.78 is 5.65. The van der Waals surface area contributed by atoms with Crippen LogP contribution in [-0.2, 0) is 9.59 Å². The van der Waals surface area contributed by atoms with Gasteiger partial charge in [-0.2, -0.15) is 0 Å². The molecule has 1 aromatic rings. The van der Waals surface area contributed by atoms with Crippen molar-refractivity contribution in [3.63, 3.8) is 0 Å². The van der Waals surface area contributed by atoms with Gasteiger partial charge in [0.15, 0.2) is 0 Å². The second-order valence-electron chi connectivity index (χ2n) is 5.03. The third-order valence-electron chi connectivity index (χ3n) is 2.98. The molecule has 0 aliphatic rings. The molecular formula is C17H23NO4. The van der Waals surface area contributed by atoms with Crippen LogP contribution in [0, 0.1) is 0 Å². The average molecular weight is 305 g/mol. The number of benzene rings is 1. The minimum absolute atomic E-state index is 0.160. The molecule has 0 atom stereocenters. The van der Waals surface area contributed by atoms with Gasteiger partial charge in [0.1, 0.15) is 11.4 Å². The van der Waals surface area contributed by atoms with Gasteiger partial charge in [-0.15, -0.1) is 0 Å². The Labute approximate surface area is 131 Å². The smallest absolute Gasteiger partial charge is 0.352 e. The van der Waals surface area contributed by atoms with Gasteiger partial charge in [0.2, 0.25) is 5.91 Å². The van der Waals surface area contributed by atoms with E-state index in [2.05, 4.69) is 12.2 Å². The largest absolute Gasteiger partial charge is 0.494 e. The van der Waals surface area contributed by atoms with E-state index in [1.54, 1.807) is 18.2 Å². The summed E-state index contributed by atoms with van der Waals surface area (Å²) in [5, 5.41) is 11.4. The Hall–Kier alpha value is -2.30. The van der Waals surface area contributed by atoms with Crippen molar-refractivity contribution in [1.82, 2.24) is 5.32 Å². The Kier molecular flexibility index (Phi) is 7.75. The van der Waals surface area contributed by atoms with Gasteiger partial charge < -0.3 is 15.2 Å². The fourth-order valence-electron chi connectivity index (χ4n) is 1.92. The zero-order chi connectivity index (χ0) is 16.4. The molecule has 0 aliphatic heterocycles. The SMILES string of the molecule is CCCCCCOc1cccc(/C=C(\NC(C)=O)C(=O)O)c1. The molecule has 0 radical (unpaired) electrons. The first-order chi connectivity index (χ1) is 10.5. The lowest BCUT2D eigenvalue weighted by molar-refractivity contribution is -0.134. The zero-order valence-electron chi connectivity index (χ0n) is 13.1. The van der Waals surface area contributed by atoms with Crippen LogP contribution in [0.25, 0.3) is 6.08 Å². The van der Waals surface area contributed by atoms with Gasteiger partial charge in [-0.05, 0) is 30.2 Å². The van der Waals surface area contributed by atoms with Crippen LogP contribution < -0.4 is 10.1 Å². The number of carboxylic acid groups (broad SMARTS) is 1. The summed E-state index contributed by atoms with van der Waals surface area (Å²) in [5.41, 5.74) is 0.504. The predicted octanol–water partition coefficient (Wildman–Crippen LogP) is 3.21. The number of hydrogen-bond acceptors (Lipinski definition) is 3. The number of nitrogens with one attached hydrogen (secondary N) is 1. The number of hydrogen-bond donors (Lipinski definition) is 2. The Morgan fingerprint density at radius 2 is 2.05 bits per heavy atom. The fraction of sp³-hybridized carbons (Fsp3) is 0.412. The van der Waals surface area contributed by atoms with E-state index >= 15 is 0 Å². The molecule has 0 unspecified atom stereocenters. The number of carbonyl (C=O) groups excluding carboxylic acids is 1. The van der Waals surface area contributed by atoms with Crippen LogP contribution in [0.1, 0.15) is 45.1 Å². The van der Waals surface area contributed by atoms with Gasteiger partial charge >= 0.3 is 5.97 Å². The van der Waals surface area contributed by atoms with Gasteiger partial charge in [0, 0.05) is 6.92 Å². The third kappa shape index (κ3) is 6.92. The maximum absolute atomic E-state index is 11.1. The highest BCUT2D eigenvalue weighted by atomic mass is 16.5. The Bertz CT molecular complexity index is 537. The van der Waals surface area contributed by atoms with Gasteiger partial charge in [-0.25, -0.2) is 4.79 Å². The summed E-state index contributed by atoms with van der Waals surface area (Å²) in [6.07, 6.45) is 5.93. The van der Waals surface area contributed by atoms with Crippen LogP contribution in [0.5, 0.6) is 5.75 Å². The summed E-state index contributed by atoms with van der Waals surface area (Å²) in [5.74, 6) is -0.907. The molecule has 0 spiro atoms. The molecule has 2 N–H and O–H groups in total. The summed E-state index contributed by atoms with van der Waals surface area (Å²) in [7, 11) is 0. The molecule has 0 aliphatic carbocycles. The minimum Gasteiger partial charge on any atom is -0.494 e. The molecule has 0 saturated heterocycles. The van der Waals surface area contributed by atoms with Crippen LogP contribution in [0.3, 0.4) is 0 Å². The Morgan fingerprint density at radius 1 is 1.27 bits per heavy atom. The molecule has 0 heterocycles. The summed E-state index contributed by atoms with van der Waals surface area (Å²) in [6, 6.07) is 7.13. The van der Waals surface area contributed by atoms with Crippen LogP contribution in [-0.4, -0.2) is 23.6 Å². The van der Waals surface area contributed by atoms with Crippen molar-refractivity contribution in [3.05, 3.63) is 35.5 Å². The van der Waals surface area contributed by atoms with E-state index in [0.29, 0.717) is 17.9 Å². The predicted molar refractivity (Wildman–Crippen MR) is 85.5 cm³/mol. The third-order valence-corrected chi connectivity index (χ3v) is 2.98. The zero-order valence-corrected chi connectivity index (χ0v) is 13.1. The van der Waals surface area contributed by atoms with Crippen LogP contribution >= 0.6 is 0 Å². The molecule has 5 nitrogen and oxygen atoms in total. The minimum atomic E-state index is -1.18. The van der Waals surface area contributed by atoms with E-state index in [4.69, 9.17) is 9.84 Å². The second-order valence-corrected chi connectivity index (χ2v) is 5.03. The summed E-state index contributed by atoms with van der Waals surface area (Å²) in [6.45, 7) is 4.07. The van der Waals surface area contributed by atoms with Crippen LogP contribution in [0.2, 0.25) is 0 Å². The molecule has 0 saturated carbocycles. The van der Waals surface area contributed by atoms with Crippen molar-refractivity contribution in [3.8, 4) is 5.75 Å². The average Bonchev–Trinajstić information content (AvgIpc) is 2.46. The monoisotopic (exact) mass is 305 g/mol. The molecule has 1 rings (SSSR count). The lowest BCUT2D eigenvalue weighted by atomic mass is 10.1. The number of carbonyl (C=O) groups is 2. The molecule has 0 aromatic heterocycles. The maximum atomic E-state index is 11.1. The maximum Gasteiger partial charge on any atom is 0.352 e. The number of rotatable bonds is 9. The number of carboxylic acids is 1. The molecule has 0 fully saturated rings. The lowest BCUT2D eigenvalue weighted by Crippen LogP contribution is -2.24. The van der Waals surface area contributed by atoms with E-state index in [1.807, 2.05) is 6.07 Å². The van der Waals surface area contributed by atoms with Crippen molar-refractivity contribution < 1.29 is 19.4 Å². The van der Waals surface area contributed by atoms with E-state index in [0.717, 1.165) is 12.8 Å². The van der Waals surface area contributed by atoms with Gasteiger partial charge in [-0.3, -0.25) is 4.79 Å². The van der Waals surface area contributed by atoms with E-state index < -0.39 is 11.9 Å². The molecule has 1 amide bonds. The van der Waals surface area contributed by atoms with Crippen LogP contribution in [0.15, 0.2) is 30.0 Å². The standard InChI is InChI=1S/C17H23NO4/c1-3-4-5-6-10-22-15-9-7-8-14(11-15)12-16(17(20)21)18-13(2)19/h7-9,11-12H,3-6,10H2,1-2H3,(H,18,19)(H,20,21)/b16-12-.